The molecule has 5 heteroatoms. The van der Waals surface area contributed by atoms with Gasteiger partial charge < -0.3 is 15.5 Å². The smallest absolute Gasteiger partial charge is 0.227 e. The quantitative estimate of drug-likeness (QED) is 0.884. The van der Waals surface area contributed by atoms with E-state index in [2.05, 4.69) is 10.6 Å². The van der Waals surface area contributed by atoms with Crippen molar-refractivity contribution in [3.63, 3.8) is 0 Å². The van der Waals surface area contributed by atoms with Gasteiger partial charge in [0.05, 0.1) is 5.41 Å². The van der Waals surface area contributed by atoms with Crippen molar-refractivity contribution in [3.05, 3.63) is 29.8 Å². The van der Waals surface area contributed by atoms with E-state index in [9.17, 15) is 9.59 Å². The van der Waals surface area contributed by atoms with Gasteiger partial charge in [-0.15, -0.1) is 0 Å². The Kier molecular flexibility index (Phi) is 4.16. The Hall–Kier alpha value is -1.88. The summed E-state index contributed by atoms with van der Waals surface area (Å²) < 4.78 is 0. The van der Waals surface area contributed by atoms with Gasteiger partial charge in [-0.2, -0.15) is 0 Å². The molecule has 22 heavy (non-hydrogen) atoms. The molecule has 2 heterocycles. The van der Waals surface area contributed by atoms with Crippen molar-refractivity contribution in [1.82, 2.24) is 10.6 Å². The third-order valence-electron chi connectivity index (χ3n) is 4.69. The molecule has 0 saturated carbocycles. The average molecular weight is 301 g/mol. The Morgan fingerprint density at radius 1 is 1.36 bits per heavy atom. The van der Waals surface area contributed by atoms with Crippen molar-refractivity contribution in [2.75, 3.05) is 24.5 Å². The van der Waals surface area contributed by atoms with Crippen molar-refractivity contribution < 1.29 is 9.59 Å². The largest absolute Gasteiger partial charge is 0.352 e. The summed E-state index contributed by atoms with van der Waals surface area (Å²) in [5, 5.41) is 6.26. The van der Waals surface area contributed by atoms with Crippen LogP contribution in [0, 0.1) is 5.41 Å². The molecule has 1 unspecified atom stereocenters. The molecule has 1 aromatic rings. The van der Waals surface area contributed by atoms with Gasteiger partial charge in [-0.05, 0) is 44.0 Å². The zero-order chi connectivity index (χ0) is 15.6. The molecule has 0 bridgehead atoms. The highest BCUT2D eigenvalue weighted by Gasteiger charge is 2.35. The van der Waals surface area contributed by atoms with Gasteiger partial charge in [-0.1, -0.05) is 12.1 Å². The average Bonchev–Trinajstić information content (AvgIpc) is 3.15. The minimum atomic E-state index is -0.290. The molecule has 2 fully saturated rings. The molecule has 0 spiro atoms. The van der Waals surface area contributed by atoms with E-state index in [0.717, 1.165) is 43.7 Å². The van der Waals surface area contributed by atoms with Crippen molar-refractivity contribution in [3.8, 4) is 0 Å². The SMILES string of the molecule is CC1(C(=O)NCc2ccc(N3CCCC3=O)cc2)CCNC1. The number of nitrogens with zero attached hydrogens (tertiary/aromatic N) is 1. The molecule has 118 valence electrons. The first kappa shape index (κ1) is 15.0. The molecular weight excluding hydrogens is 278 g/mol. The Morgan fingerprint density at radius 3 is 2.73 bits per heavy atom. The molecule has 2 aliphatic rings. The van der Waals surface area contributed by atoms with E-state index in [-0.39, 0.29) is 17.2 Å². The van der Waals surface area contributed by atoms with Gasteiger partial charge in [-0.3, -0.25) is 9.59 Å². The molecule has 2 N–H and O–H groups in total. The molecule has 0 aromatic heterocycles. The van der Waals surface area contributed by atoms with Crippen LogP contribution in [0.1, 0.15) is 31.7 Å². The van der Waals surface area contributed by atoms with E-state index < -0.39 is 0 Å². The van der Waals surface area contributed by atoms with E-state index in [4.69, 9.17) is 0 Å². The number of hydrogen-bond acceptors (Lipinski definition) is 3. The fourth-order valence-corrected chi connectivity index (χ4v) is 3.12. The van der Waals surface area contributed by atoms with Crippen LogP contribution < -0.4 is 15.5 Å². The first-order valence-electron chi connectivity index (χ1n) is 7.97. The summed E-state index contributed by atoms with van der Waals surface area (Å²) in [4.78, 5) is 25.8. The Bertz CT molecular complexity index is 562. The lowest BCUT2D eigenvalue weighted by Gasteiger charge is -2.21. The summed E-state index contributed by atoms with van der Waals surface area (Å²) >= 11 is 0. The minimum absolute atomic E-state index is 0.108. The van der Waals surface area contributed by atoms with E-state index in [1.165, 1.54) is 0 Å². The molecule has 3 rings (SSSR count). The van der Waals surface area contributed by atoms with Crippen molar-refractivity contribution in [2.24, 2.45) is 5.41 Å². The van der Waals surface area contributed by atoms with Crippen molar-refractivity contribution in [1.29, 1.82) is 0 Å². The number of rotatable bonds is 4. The lowest BCUT2D eigenvalue weighted by molar-refractivity contribution is -0.129. The van der Waals surface area contributed by atoms with Crippen molar-refractivity contribution in [2.45, 2.75) is 32.7 Å². The van der Waals surface area contributed by atoms with Crippen LogP contribution in [0.4, 0.5) is 5.69 Å². The molecule has 0 aliphatic carbocycles. The fourth-order valence-electron chi connectivity index (χ4n) is 3.12. The van der Waals surface area contributed by atoms with E-state index >= 15 is 0 Å². The molecule has 0 radical (unpaired) electrons. The van der Waals surface area contributed by atoms with Gasteiger partial charge in [0.2, 0.25) is 11.8 Å². The molecule has 2 saturated heterocycles. The summed E-state index contributed by atoms with van der Waals surface area (Å²) in [6.07, 6.45) is 2.46. The van der Waals surface area contributed by atoms with Crippen LogP contribution in [0.15, 0.2) is 24.3 Å². The zero-order valence-corrected chi connectivity index (χ0v) is 13.0. The second-order valence-corrected chi connectivity index (χ2v) is 6.49. The topological polar surface area (TPSA) is 61.4 Å². The molecule has 5 nitrogen and oxygen atoms in total. The number of benzene rings is 1. The molecule has 1 atom stereocenters. The third kappa shape index (κ3) is 2.99. The zero-order valence-electron chi connectivity index (χ0n) is 13.0. The predicted octanol–water partition coefficient (Wildman–Crippen LogP) is 1.43. The van der Waals surface area contributed by atoms with Crippen LogP contribution in [-0.4, -0.2) is 31.4 Å². The first-order valence-corrected chi connectivity index (χ1v) is 7.97. The van der Waals surface area contributed by atoms with Gasteiger partial charge in [-0.25, -0.2) is 0 Å². The lowest BCUT2D eigenvalue weighted by Crippen LogP contribution is -2.40. The maximum Gasteiger partial charge on any atom is 0.227 e. The maximum atomic E-state index is 12.3. The summed E-state index contributed by atoms with van der Waals surface area (Å²) in [5.41, 5.74) is 1.71. The first-order chi connectivity index (χ1) is 10.6. The van der Waals surface area contributed by atoms with Crippen LogP contribution in [0.5, 0.6) is 0 Å². The molecular formula is C17H23N3O2. The number of amides is 2. The summed E-state index contributed by atoms with van der Waals surface area (Å²) in [7, 11) is 0. The Labute approximate surface area is 131 Å². The number of carbonyl (C=O) groups excluding carboxylic acids is 2. The van der Waals surface area contributed by atoms with Crippen LogP contribution in [0.3, 0.4) is 0 Å². The van der Waals surface area contributed by atoms with Gasteiger partial charge in [0.1, 0.15) is 0 Å². The molecule has 2 aliphatic heterocycles. The van der Waals surface area contributed by atoms with Crippen LogP contribution in [0.2, 0.25) is 0 Å². The molecule has 2 amide bonds. The maximum absolute atomic E-state index is 12.3. The van der Waals surface area contributed by atoms with E-state index in [1.807, 2.05) is 36.1 Å². The fraction of sp³-hybridized carbons (Fsp3) is 0.529. The highest BCUT2D eigenvalue weighted by atomic mass is 16.2. The highest BCUT2D eigenvalue weighted by Crippen LogP contribution is 2.25. The highest BCUT2D eigenvalue weighted by molar-refractivity contribution is 5.95. The minimum Gasteiger partial charge on any atom is -0.352 e. The monoisotopic (exact) mass is 301 g/mol. The Morgan fingerprint density at radius 2 is 2.14 bits per heavy atom. The summed E-state index contributed by atoms with van der Waals surface area (Å²) in [6.45, 7) is 4.99. The number of hydrogen-bond donors (Lipinski definition) is 2. The number of anilines is 1. The normalized spacial score (nSPS) is 24.8. The standard InChI is InChI=1S/C17H23N3O2/c1-17(8-9-18-12-17)16(22)19-11-13-4-6-14(7-5-13)20-10-2-3-15(20)21/h4-7,18H,2-3,8-12H2,1H3,(H,19,22). The van der Waals surface area contributed by atoms with Gasteiger partial charge in [0.15, 0.2) is 0 Å². The van der Waals surface area contributed by atoms with Crippen molar-refractivity contribution >= 4 is 17.5 Å². The van der Waals surface area contributed by atoms with Crippen LogP contribution in [0.25, 0.3) is 0 Å². The van der Waals surface area contributed by atoms with Gasteiger partial charge in [0, 0.05) is 31.7 Å². The van der Waals surface area contributed by atoms with Gasteiger partial charge in [0.25, 0.3) is 0 Å². The lowest BCUT2D eigenvalue weighted by atomic mass is 9.89. The number of nitrogens with one attached hydrogen (secondary N) is 2. The summed E-state index contributed by atoms with van der Waals surface area (Å²) in [6, 6.07) is 7.89. The molecule has 1 aromatic carbocycles. The second kappa shape index (κ2) is 6.08. The predicted molar refractivity (Wildman–Crippen MR) is 85.5 cm³/mol. The van der Waals surface area contributed by atoms with Crippen LogP contribution >= 0.6 is 0 Å². The van der Waals surface area contributed by atoms with Crippen LogP contribution in [-0.2, 0) is 16.1 Å². The van der Waals surface area contributed by atoms with Gasteiger partial charge >= 0.3 is 0 Å². The third-order valence-corrected chi connectivity index (χ3v) is 4.69. The van der Waals surface area contributed by atoms with E-state index in [0.29, 0.717) is 13.0 Å². The van der Waals surface area contributed by atoms with E-state index in [1.54, 1.807) is 0 Å². The Balaban J connectivity index is 1.57. The second-order valence-electron chi connectivity index (χ2n) is 6.49. The number of carbonyl (C=O) groups is 2. The summed E-state index contributed by atoms with van der Waals surface area (Å²) in [5.74, 6) is 0.305.